The Bertz CT molecular complexity index is 1500. The number of primary amides is 1. The third kappa shape index (κ3) is 9.07. The van der Waals surface area contributed by atoms with E-state index in [-0.39, 0.29) is 24.2 Å². The minimum atomic E-state index is -1.05. The molecule has 4 aromatic rings. The van der Waals surface area contributed by atoms with Crippen molar-refractivity contribution in [1.29, 1.82) is 0 Å². The highest BCUT2D eigenvalue weighted by atomic mass is 16.5. The van der Waals surface area contributed by atoms with Crippen molar-refractivity contribution in [1.82, 2.24) is 9.97 Å². The minimum absolute atomic E-state index is 0.163. The number of nitrogens with two attached hydrogens (primary N) is 1. The first-order valence-electron chi connectivity index (χ1n) is 14.6. The first-order chi connectivity index (χ1) is 20.8. The molecule has 3 aromatic carbocycles. The number of carbonyl (C=O) groups is 3. The number of amides is 1. The number of nitrogens with zero attached hydrogens (tertiary/aromatic N) is 2. The smallest absolute Gasteiger partial charge is 0.307 e. The number of rotatable bonds is 16. The third-order valence-electron chi connectivity index (χ3n) is 7.32. The van der Waals surface area contributed by atoms with E-state index < -0.39 is 17.8 Å². The summed E-state index contributed by atoms with van der Waals surface area (Å²) in [6, 6.07) is 21.2. The molecule has 0 saturated carbocycles. The van der Waals surface area contributed by atoms with Crippen LogP contribution in [0.25, 0.3) is 22.5 Å². The Morgan fingerprint density at radius 3 is 1.98 bits per heavy atom. The molecular weight excluding hydrogens is 542 g/mol. The van der Waals surface area contributed by atoms with Gasteiger partial charge < -0.3 is 15.6 Å². The molecule has 8 heteroatoms. The van der Waals surface area contributed by atoms with E-state index in [4.69, 9.17) is 10.5 Å². The Hall–Kier alpha value is -4.85. The summed E-state index contributed by atoms with van der Waals surface area (Å²) >= 11 is 0. The first-order valence-corrected chi connectivity index (χ1v) is 14.6. The van der Waals surface area contributed by atoms with Crippen LogP contribution in [-0.2, 0) is 11.2 Å². The number of carboxylic acid groups (broad SMARTS) is 1. The second-order valence-corrected chi connectivity index (χ2v) is 10.6. The average molecular weight is 580 g/mol. The molecule has 1 heterocycles. The molecular formula is C35H37N3O5. The van der Waals surface area contributed by atoms with Gasteiger partial charge in [-0.25, -0.2) is 9.97 Å². The van der Waals surface area contributed by atoms with Gasteiger partial charge >= 0.3 is 5.97 Å². The topological polar surface area (TPSA) is 132 Å². The minimum Gasteiger partial charge on any atom is -0.494 e. The molecule has 1 atom stereocenters. The molecule has 4 rings (SSSR count). The largest absolute Gasteiger partial charge is 0.494 e. The van der Waals surface area contributed by atoms with E-state index in [1.807, 2.05) is 48.5 Å². The van der Waals surface area contributed by atoms with Crippen molar-refractivity contribution in [2.24, 2.45) is 11.7 Å². The number of aromatic nitrogens is 2. The lowest BCUT2D eigenvalue weighted by molar-refractivity contribution is -0.141. The number of benzene rings is 3. The van der Waals surface area contributed by atoms with Crippen molar-refractivity contribution < 1.29 is 24.2 Å². The summed E-state index contributed by atoms with van der Waals surface area (Å²) in [6.45, 7) is 2.93. The van der Waals surface area contributed by atoms with Crippen molar-refractivity contribution in [2.45, 2.75) is 51.9 Å². The summed E-state index contributed by atoms with van der Waals surface area (Å²) in [5.41, 5.74) is 9.34. The summed E-state index contributed by atoms with van der Waals surface area (Å²) in [4.78, 5) is 44.9. The van der Waals surface area contributed by atoms with E-state index in [0.29, 0.717) is 11.4 Å². The summed E-state index contributed by atoms with van der Waals surface area (Å²) in [7, 11) is 0. The zero-order chi connectivity index (χ0) is 30.6. The maximum absolute atomic E-state index is 12.7. The summed E-state index contributed by atoms with van der Waals surface area (Å²) in [6.07, 6.45) is 9.61. The van der Waals surface area contributed by atoms with Gasteiger partial charge in [0, 0.05) is 41.1 Å². The molecule has 1 amide bonds. The maximum Gasteiger partial charge on any atom is 0.307 e. The molecule has 222 valence electrons. The van der Waals surface area contributed by atoms with Gasteiger partial charge in [0.15, 0.2) is 11.6 Å². The van der Waals surface area contributed by atoms with Gasteiger partial charge in [-0.15, -0.1) is 0 Å². The molecule has 0 fully saturated rings. The lowest BCUT2D eigenvalue weighted by atomic mass is 9.91. The Labute approximate surface area is 252 Å². The highest BCUT2D eigenvalue weighted by Crippen LogP contribution is 2.24. The Kier molecular flexibility index (Phi) is 11.1. The van der Waals surface area contributed by atoms with Crippen LogP contribution in [0.5, 0.6) is 5.75 Å². The first kappa shape index (κ1) is 31.1. The molecule has 0 aliphatic rings. The van der Waals surface area contributed by atoms with Crippen LogP contribution in [0.3, 0.4) is 0 Å². The predicted molar refractivity (Wildman–Crippen MR) is 166 cm³/mol. The van der Waals surface area contributed by atoms with Gasteiger partial charge in [0.2, 0.25) is 5.91 Å². The number of Topliss-reactive ketones (excluding diaryl/α,β-unsaturated/α-hetero) is 1. The fourth-order valence-electron chi connectivity index (χ4n) is 4.75. The molecule has 0 spiro atoms. The molecule has 0 unspecified atom stereocenters. The molecule has 1 aromatic heterocycles. The van der Waals surface area contributed by atoms with Gasteiger partial charge in [-0.3, -0.25) is 14.4 Å². The monoisotopic (exact) mass is 579 g/mol. The SMILES string of the molecule is CCCCCCCOc1ccc(-c2cnc(-c3ccc(C[C@H](CC(=O)c4ccc(C(N)=O)cc4)C(=O)O)cc3)nc2)cc1. The normalized spacial score (nSPS) is 11.6. The standard InChI is InChI=1S/C35H37N3O5/c1-2-3-4-5-6-19-43-31-17-15-25(16-18-31)30-22-37-34(38-23-30)28-9-7-24(8-10-28)20-29(35(41)42)21-32(39)26-11-13-27(14-12-26)33(36)40/h7-18,22-23,29H,2-6,19-21H2,1H3,(H2,36,40)(H,41,42)/t29-/m1/s1. The van der Waals surface area contributed by atoms with Gasteiger partial charge in [-0.1, -0.05) is 81.1 Å². The maximum atomic E-state index is 12.7. The molecule has 0 aliphatic carbocycles. The van der Waals surface area contributed by atoms with Crippen molar-refractivity contribution in [2.75, 3.05) is 6.61 Å². The number of hydrogen-bond donors (Lipinski definition) is 2. The zero-order valence-corrected chi connectivity index (χ0v) is 24.4. The summed E-state index contributed by atoms with van der Waals surface area (Å²) in [5.74, 6) is -1.44. The summed E-state index contributed by atoms with van der Waals surface area (Å²) in [5, 5.41) is 9.75. The van der Waals surface area contributed by atoms with E-state index >= 15 is 0 Å². The van der Waals surface area contributed by atoms with E-state index in [9.17, 15) is 19.5 Å². The quantitative estimate of drug-likeness (QED) is 0.110. The van der Waals surface area contributed by atoms with Gasteiger partial charge in [0.25, 0.3) is 0 Å². The molecule has 0 saturated heterocycles. The van der Waals surface area contributed by atoms with Crippen molar-refractivity contribution in [3.63, 3.8) is 0 Å². The number of ether oxygens (including phenoxy) is 1. The second kappa shape index (κ2) is 15.4. The fourth-order valence-corrected chi connectivity index (χ4v) is 4.75. The van der Waals surface area contributed by atoms with Crippen LogP contribution in [0.2, 0.25) is 0 Å². The molecule has 8 nitrogen and oxygen atoms in total. The number of carboxylic acids is 1. The van der Waals surface area contributed by atoms with Crippen molar-refractivity contribution in [3.8, 4) is 28.3 Å². The number of carbonyl (C=O) groups excluding carboxylic acids is 2. The average Bonchev–Trinajstić information content (AvgIpc) is 3.03. The van der Waals surface area contributed by atoms with Gasteiger partial charge in [0.1, 0.15) is 5.75 Å². The van der Waals surface area contributed by atoms with Crippen molar-refractivity contribution in [3.05, 3.63) is 102 Å². The number of aliphatic carboxylic acids is 1. The molecule has 0 bridgehead atoms. The molecule has 0 aliphatic heterocycles. The van der Waals surface area contributed by atoms with E-state index in [1.54, 1.807) is 12.4 Å². The predicted octanol–water partition coefficient (Wildman–Crippen LogP) is 6.78. The Morgan fingerprint density at radius 2 is 1.37 bits per heavy atom. The van der Waals surface area contributed by atoms with Crippen LogP contribution in [0, 0.1) is 5.92 Å². The van der Waals surface area contributed by atoms with Gasteiger partial charge in [-0.2, -0.15) is 0 Å². The van der Waals surface area contributed by atoms with Crippen LogP contribution in [0.1, 0.15) is 71.7 Å². The number of ketones is 1. The number of hydrogen-bond acceptors (Lipinski definition) is 6. The van der Waals surface area contributed by atoms with Crippen LogP contribution in [0.4, 0.5) is 0 Å². The highest BCUT2D eigenvalue weighted by molar-refractivity contribution is 5.99. The summed E-state index contributed by atoms with van der Waals surface area (Å²) < 4.78 is 5.86. The molecule has 43 heavy (non-hydrogen) atoms. The van der Waals surface area contributed by atoms with Gasteiger partial charge in [0.05, 0.1) is 12.5 Å². The lowest BCUT2D eigenvalue weighted by Crippen LogP contribution is -2.20. The van der Waals surface area contributed by atoms with Gasteiger partial charge in [-0.05, 0) is 48.2 Å². The van der Waals surface area contributed by atoms with Crippen molar-refractivity contribution >= 4 is 17.7 Å². The highest BCUT2D eigenvalue weighted by Gasteiger charge is 2.23. The van der Waals surface area contributed by atoms with Crippen LogP contribution in [0.15, 0.2) is 85.2 Å². The molecule has 3 N–H and O–H groups in total. The third-order valence-corrected chi connectivity index (χ3v) is 7.32. The molecule has 0 radical (unpaired) electrons. The Balaban J connectivity index is 1.32. The zero-order valence-electron chi connectivity index (χ0n) is 24.4. The second-order valence-electron chi connectivity index (χ2n) is 10.6. The van der Waals surface area contributed by atoms with E-state index in [2.05, 4.69) is 16.9 Å². The lowest BCUT2D eigenvalue weighted by Gasteiger charge is -2.12. The van der Waals surface area contributed by atoms with E-state index in [0.717, 1.165) is 41.0 Å². The van der Waals surface area contributed by atoms with Crippen LogP contribution >= 0.6 is 0 Å². The van der Waals surface area contributed by atoms with E-state index in [1.165, 1.54) is 49.9 Å². The fraction of sp³-hybridized carbons (Fsp3) is 0.286. The van der Waals surface area contributed by atoms with Crippen LogP contribution < -0.4 is 10.5 Å². The van der Waals surface area contributed by atoms with Crippen LogP contribution in [-0.4, -0.2) is 39.3 Å². The Morgan fingerprint density at radius 1 is 0.767 bits per heavy atom. The number of unbranched alkanes of at least 4 members (excludes halogenated alkanes) is 4.